The molecule has 21 heavy (non-hydrogen) atoms. The fourth-order valence-corrected chi connectivity index (χ4v) is 2.50. The molecular weight excluding hydrogens is 292 g/mol. The second-order valence-corrected chi connectivity index (χ2v) is 5.11. The second kappa shape index (κ2) is 7.26. The lowest BCUT2D eigenvalue weighted by atomic mass is 10.3. The summed E-state index contributed by atoms with van der Waals surface area (Å²) in [4.78, 5) is 11.4. The topological polar surface area (TPSA) is 83.0 Å². The summed E-state index contributed by atoms with van der Waals surface area (Å²) in [5.74, 6) is -0.0491. The molecule has 0 saturated carbocycles. The number of carbonyl (C=O) groups is 1. The summed E-state index contributed by atoms with van der Waals surface area (Å²) < 4.78 is 12.0. The summed E-state index contributed by atoms with van der Waals surface area (Å²) in [6, 6.07) is 2.07. The van der Waals surface area contributed by atoms with E-state index in [4.69, 9.17) is 9.15 Å². The normalized spacial score (nSPS) is 10.8. The summed E-state index contributed by atoms with van der Waals surface area (Å²) in [5.41, 5.74) is 2.15. The van der Waals surface area contributed by atoms with E-state index in [0.717, 1.165) is 24.4 Å². The van der Waals surface area contributed by atoms with Crippen LogP contribution in [0, 0.1) is 0 Å². The number of hydrogen-bond acceptors (Lipinski definition) is 7. The Bertz CT molecular complexity index is 608. The van der Waals surface area contributed by atoms with Crippen LogP contribution in [-0.4, -0.2) is 32.6 Å². The van der Waals surface area contributed by atoms with Crippen molar-refractivity contribution in [2.45, 2.75) is 44.7 Å². The number of thioether (sulfide) groups is 1. The third kappa shape index (κ3) is 3.84. The molecule has 0 aromatic carbocycles. The molecule has 0 aliphatic rings. The summed E-state index contributed by atoms with van der Waals surface area (Å²) in [7, 11) is 0. The molecule has 0 aliphatic carbocycles. The van der Waals surface area contributed by atoms with Gasteiger partial charge in [-0.25, -0.2) is 4.79 Å². The van der Waals surface area contributed by atoms with E-state index in [2.05, 4.69) is 28.3 Å². The lowest BCUT2D eigenvalue weighted by Gasteiger charge is -2.01. The summed E-state index contributed by atoms with van der Waals surface area (Å²) in [6.07, 6.45) is 0.901. The molecule has 0 fully saturated rings. The Morgan fingerprint density at radius 2 is 2.19 bits per heavy atom. The highest BCUT2D eigenvalue weighted by molar-refractivity contribution is 7.98. The molecule has 0 aliphatic heterocycles. The molecule has 2 aromatic heterocycles. The van der Waals surface area contributed by atoms with E-state index in [1.807, 2.05) is 11.6 Å². The van der Waals surface area contributed by atoms with Gasteiger partial charge in [0.2, 0.25) is 0 Å². The molecule has 114 valence electrons. The van der Waals surface area contributed by atoms with Crippen LogP contribution in [0.15, 0.2) is 15.7 Å². The number of nitrogens with zero attached hydrogens (tertiary/aromatic N) is 4. The lowest BCUT2D eigenvalue weighted by Crippen LogP contribution is -2.04. The third-order valence-corrected chi connectivity index (χ3v) is 3.63. The molecular formula is C13H18N4O3S. The van der Waals surface area contributed by atoms with E-state index in [-0.39, 0.29) is 12.5 Å². The van der Waals surface area contributed by atoms with E-state index >= 15 is 0 Å². The van der Waals surface area contributed by atoms with Gasteiger partial charge in [-0.1, -0.05) is 23.8 Å². The minimum absolute atomic E-state index is 0.113. The van der Waals surface area contributed by atoms with E-state index in [0.29, 0.717) is 11.0 Å². The minimum atomic E-state index is -0.594. The van der Waals surface area contributed by atoms with Crippen molar-refractivity contribution in [2.24, 2.45) is 0 Å². The monoisotopic (exact) mass is 310 g/mol. The van der Waals surface area contributed by atoms with Crippen molar-refractivity contribution < 1.29 is 13.9 Å². The summed E-state index contributed by atoms with van der Waals surface area (Å²) in [5, 5.41) is 12.3. The van der Waals surface area contributed by atoms with E-state index in [9.17, 15) is 4.79 Å². The van der Waals surface area contributed by atoms with Crippen LogP contribution >= 0.6 is 11.8 Å². The van der Waals surface area contributed by atoms with Gasteiger partial charge in [0.1, 0.15) is 0 Å². The number of esters is 1. The number of ether oxygens (including phenoxy) is 1. The van der Waals surface area contributed by atoms with E-state index in [1.54, 1.807) is 6.92 Å². The average molecular weight is 310 g/mol. The first-order chi connectivity index (χ1) is 10.2. The van der Waals surface area contributed by atoms with Crippen LogP contribution in [0.4, 0.5) is 0 Å². The standard InChI is InChI=1S/C13H18N4O3S/c1-4-9-7-10(17(5-2)16-9)8-21-13-15-14-11(20-13)12(18)19-6-3/h7H,4-6,8H2,1-3H3. The Morgan fingerprint density at radius 1 is 1.38 bits per heavy atom. The van der Waals surface area contributed by atoms with Crippen molar-refractivity contribution in [3.63, 3.8) is 0 Å². The van der Waals surface area contributed by atoms with Gasteiger partial charge in [-0.15, -0.1) is 5.10 Å². The van der Waals surface area contributed by atoms with Crippen molar-refractivity contribution in [2.75, 3.05) is 6.61 Å². The van der Waals surface area contributed by atoms with Crippen molar-refractivity contribution in [1.29, 1.82) is 0 Å². The van der Waals surface area contributed by atoms with Gasteiger partial charge >= 0.3 is 11.9 Å². The molecule has 7 nitrogen and oxygen atoms in total. The molecule has 2 heterocycles. The van der Waals surface area contributed by atoms with Crippen LogP contribution in [0.2, 0.25) is 0 Å². The minimum Gasteiger partial charge on any atom is -0.459 e. The Kier molecular flexibility index (Phi) is 5.38. The van der Waals surface area contributed by atoms with Gasteiger partial charge in [0, 0.05) is 18.0 Å². The zero-order valence-electron chi connectivity index (χ0n) is 12.3. The van der Waals surface area contributed by atoms with Crippen LogP contribution in [0.1, 0.15) is 42.8 Å². The van der Waals surface area contributed by atoms with Crippen molar-refractivity contribution >= 4 is 17.7 Å². The van der Waals surface area contributed by atoms with Gasteiger partial charge in [-0.05, 0) is 26.3 Å². The molecule has 0 atom stereocenters. The summed E-state index contributed by atoms with van der Waals surface area (Å²) >= 11 is 1.37. The first-order valence-electron chi connectivity index (χ1n) is 6.86. The maximum absolute atomic E-state index is 11.4. The van der Waals surface area contributed by atoms with Gasteiger partial charge < -0.3 is 9.15 Å². The maximum Gasteiger partial charge on any atom is 0.396 e. The lowest BCUT2D eigenvalue weighted by molar-refractivity contribution is 0.0475. The van der Waals surface area contributed by atoms with Crippen molar-refractivity contribution in [1.82, 2.24) is 20.0 Å². The average Bonchev–Trinajstić information content (AvgIpc) is 3.11. The highest BCUT2D eigenvalue weighted by atomic mass is 32.2. The van der Waals surface area contributed by atoms with Crippen LogP contribution in [0.5, 0.6) is 0 Å². The zero-order chi connectivity index (χ0) is 15.2. The Hall–Kier alpha value is -1.83. The molecule has 2 aromatic rings. The zero-order valence-corrected chi connectivity index (χ0v) is 13.1. The molecule has 0 N–H and O–H groups in total. The van der Waals surface area contributed by atoms with Gasteiger partial charge in [-0.2, -0.15) is 5.10 Å². The molecule has 8 heteroatoms. The Morgan fingerprint density at radius 3 is 2.86 bits per heavy atom. The van der Waals surface area contributed by atoms with Gasteiger partial charge in [-0.3, -0.25) is 4.68 Å². The quantitative estimate of drug-likeness (QED) is 0.573. The van der Waals surface area contributed by atoms with Crippen LogP contribution in [0.25, 0.3) is 0 Å². The molecule has 0 bridgehead atoms. The SMILES string of the molecule is CCOC(=O)c1nnc(SCc2cc(CC)nn2CC)o1. The number of aryl methyl sites for hydroxylation is 2. The Balaban J connectivity index is 2.00. The number of carbonyl (C=O) groups excluding carboxylic acids is 1. The molecule has 2 rings (SSSR count). The predicted octanol–water partition coefficient (Wildman–Crippen LogP) is 2.32. The number of aromatic nitrogens is 4. The van der Waals surface area contributed by atoms with Crippen LogP contribution in [0.3, 0.4) is 0 Å². The van der Waals surface area contributed by atoms with Crippen molar-refractivity contribution in [3.05, 3.63) is 23.3 Å². The molecule has 0 saturated heterocycles. The fourth-order valence-electron chi connectivity index (χ4n) is 1.76. The third-order valence-electron chi connectivity index (χ3n) is 2.78. The molecule has 0 unspecified atom stereocenters. The van der Waals surface area contributed by atoms with E-state index < -0.39 is 5.97 Å². The number of hydrogen-bond donors (Lipinski definition) is 0. The Labute approximate surface area is 127 Å². The first-order valence-corrected chi connectivity index (χ1v) is 7.85. The number of rotatable bonds is 7. The predicted molar refractivity (Wildman–Crippen MR) is 77.1 cm³/mol. The molecule has 0 radical (unpaired) electrons. The highest BCUT2D eigenvalue weighted by Gasteiger charge is 2.16. The summed E-state index contributed by atoms with van der Waals surface area (Å²) in [6.45, 7) is 6.93. The maximum atomic E-state index is 11.4. The van der Waals surface area contributed by atoms with Crippen LogP contribution < -0.4 is 0 Å². The second-order valence-electron chi connectivity index (χ2n) is 4.18. The van der Waals surface area contributed by atoms with Gasteiger partial charge in [0.15, 0.2) is 0 Å². The highest BCUT2D eigenvalue weighted by Crippen LogP contribution is 2.22. The largest absolute Gasteiger partial charge is 0.459 e. The molecule has 0 amide bonds. The van der Waals surface area contributed by atoms with E-state index in [1.165, 1.54) is 11.8 Å². The smallest absolute Gasteiger partial charge is 0.396 e. The van der Waals surface area contributed by atoms with Gasteiger partial charge in [0.05, 0.1) is 12.3 Å². The van der Waals surface area contributed by atoms with Gasteiger partial charge in [0.25, 0.3) is 5.22 Å². The fraction of sp³-hybridized carbons (Fsp3) is 0.538. The first kappa shape index (κ1) is 15.6. The molecule has 0 spiro atoms. The van der Waals surface area contributed by atoms with Crippen molar-refractivity contribution in [3.8, 4) is 0 Å². The van der Waals surface area contributed by atoms with Crippen LogP contribution in [-0.2, 0) is 23.5 Å².